The smallest absolute Gasteiger partial charge is 0.277 e. The summed E-state index contributed by atoms with van der Waals surface area (Å²) in [6.07, 6.45) is 14.1. The van der Waals surface area contributed by atoms with Gasteiger partial charge >= 0.3 is 0 Å². The summed E-state index contributed by atoms with van der Waals surface area (Å²) in [5.41, 5.74) is 10.4. The van der Waals surface area contributed by atoms with Crippen LogP contribution in [0.15, 0.2) is 179 Å². The monoisotopic (exact) mass is 1870 g/mol. The lowest BCUT2D eigenvalue weighted by Crippen LogP contribution is -2.47. The minimum Gasteiger partial charge on any atom is -0.493 e. The van der Waals surface area contributed by atoms with Crippen LogP contribution in [0.3, 0.4) is 0 Å². The number of hydrogen-bond donors (Lipinski definition) is 6. The molecular formula is C91H100Cl2N14O18S4. The Bertz CT molecular complexity index is 6570. The molecule has 0 unspecified atom stereocenters. The van der Waals surface area contributed by atoms with Gasteiger partial charge in [-0.2, -0.15) is 0 Å². The number of aromatic amines is 2. The van der Waals surface area contributed by atoms with Gasteiger partial charge < -0.3 is 38.7 Å². The predicted octanol–water partition coefficient (Wildman–Crippen LogP) is 14.8. The number of pyridine rings is 2. The summed E-state index contributed by atoms with van der Waals surface area (Å²) in [6, 6.07) is 37.3. The highest BCUT2D eigenvalue weighted by Crippen LogP contribution is 2.47. The number of nitrogens with zero attached hydrogens (tertiary/aromatic N) is 8. The number of amides is 2. The topological polar surface area (TPSA) is 412 Å². The van der Waals surface area contributed by atoms with Gasteiger partial charge in [-0.05, 0) is 177 Å². The quantitative estimate of drug-likeness (QED) is 0.0196. The number of fused-ring (bicyclic) bond motifs is 4. The lowest BCUT2D eigenvalue weighted by Gasteiger charge is -2.39. The van der Waals surface area contributed by atoms with E-state index in [-0.39, 0.29) is 101 Å². The minimum atomic E-state index is -4.71. The molecule has 7 aliphatic rings. The second kappa shape index (κ2) is 37.4. The number of carbonyl (C=O) groups is 2. The number of halogens is 2. The zero-order chi connectivity index (χ0) is 91.1. The van der Waals surface area contributed by atoms with E-state index in [0.717, 1.165) is 124 Å². The number of hydrogen-bond acceptors (Lipinski definition) is 24. The number of benzene rings is 6. The molecule has 2 atom stereocenters. The van der Waals surface area contributed by atoms with Crippen LogP contribution in [0.25, 0.3) is 33.2 Å². The molecule has 2 amide bonds. The van der Waals surface area contributed by atoms with Crippen LogP contribution in [0.4, 0.5) is 22.7 Å². The molecule has 0 spiro atoms. The molecular weight excluding hydrogens is 1780 g/mol. The third kappa shape index (κ3) is 21.7. The Balaban J connectivity index is 0.000000189. The largest absolute Gasteiger partial charge is 0.493 e. The molecule has 0 radical (unpaired) electrons. The maximum atomic E-state index is 14.0. The maximum absolute atomic E-state index is 14.0. The van der Waals surface area contributed by atoms with E-state index in [1.165, 1.54) is 64.9 Å². The van der Waals surface area contributed by atoms with Gasteiger partial charge in [-0.15, -0.1) is 0 Å². The van der Waals surface area contributed by atoms with Crippen molar-refractivity contribution in [1.29, 1.82) is 0 Å². The average molecular weight is 1880 g/mol. The molecule has 4 aliphatic heterocycles. The fourth-order valence-corrected chi connectivity index (χ4v) is 21.8. The number of rotatable bonds is 28. The van der Waals surface area contributed by atoms with Gasteiger partial charge in [0.25, 0.3) is 43.2 Å². The van der Waals surface area contributed by atoms with Gasteiger partial charge in [0.2, 0.25) is 20.0 Å². The van der Waals surface area contributed by atoms with Crippen LogP contribution in [0.2, 0.25) is 10.0 Å². The average Bonchev–Trinajstić information content (AvgIpc) is 1.50. The fraction of sp³-hybridized carbons (Fsp3) is 0.385. The normalized spacial score (nSPS) is 18.6. The van der Waals surface area contributed by atoms with E-state index >= 15 is 0 Å². The molecule has 1 saturated carbocycles. The zero-order valence-electron chi connectivity index (χ0n) is 71.7. The number of nitro groups is 2. The van der Waals surface area contributed by atoms with Crippen LogP contribution in [0.5, 0.6) is 34.5 Å². The van der Waals surface area contributed by atoms with E-state index in [4.69, 9.17) is 42.1 Å². The Morgan fingerprint density at radius 2 is 0.953 bits per heavy atom. The summed E-state index contributed by atoms with van der Waals surface area (Å²) in [6.45, 7) is 18.4. The molecule has 32 nitrogen and oxygen atoms in total. The van der Waals surface area contributed by atoms with Crippen LogP contribution >= 0.6 is 23.2 Å². The Labute approximate surface area is 758 Å². The summed E-state index contributed by atoms with van der Waals surface area (Å²) >= 11 is 12.5. The number of aromatic nitrogens is 4. The van der Waals surface area contributed by atoms with Gasteiger partial charge in [-0.3, -0.25) is 39.6 Å². The van der Waals surface area contributed by atoms with Crippen LogP contribution in [0, 0.1) is 42.9 Å². The maximum Gasteiger partial charge on any atom is 0.277 e. The van der Waals surface area contributed by atoms with Crippen molar-refractivity contribution in [1.82, 2.24) is 48.6 Å². The highest BCUT2D eigenvalue weighted by atomic mass is 35.5. The van der Waals surface area contributed by atoms with Crippen molar-refractivity contribution in [2.45, 2.75) is 114 Å². The molecule has 3 fully saturated rings. The Morgan fingerprint density at radius 3 is 1.35 bits per heavy atom. The second-order valence-electron chi connectivity index (χ2n) is 35.5. The first-order valence-electron chi connectivity index (χ1n) is 42.8. The summed E-state index contributed by atoms with van der Waals surface area (Å²) in [4.78, 5) is 74.2. The summed E-state index contributed by atoms with van der Waals surface area (Å²) in [5.74, 6) is -2.31. The van der Waals surface area contributed by atoms with Crippen molar-refractivity contribution in [3.05, 3.63) is 233 Å². The van der Waals surface area contributed by atoms with Crippen LogP contribution in [0.1, 0.15) is 129 Å². The number of allylic oxidation sites excluding steroid dienone is 2. The highest BCUT2D eigenvalue weighted by molar-refractivity contribution is 7.91. The molecule has 0 bridgehead atoms. The molecule has 2 saturated heterocycles. The van der Waals surface area contributed by atoms with E-state index in [1.54, 1.807) is 48.8 Å². The number of H-pyrrole nitrogens is 2. The minimum absolute atomic E-state index is 0.000527. The van der Waals surface area contributed by atoms with Crippen molar-refractivity contribution < 1.29 is 72.1 Å². The van der Waals surface area contributed by atoms with Crippen LogP contribution < -0.4 is 47.6 Å². The molecule has 8 heterocycles. The number of sulfonamides is 4. The first kappa shape index (κ1) is 91.3. The van der Waals surface area contributed by atoms with Crippen molar-refractivity contribution >= 4 is 131 Å². The van der Waals surface area contributed by atoms with E-state index in [1.807, 2.05) is 36.4 Å². The van der Waals surface area contributed by atoms with Crippen LogP contribution in [-0.2, 0) is 52.9 Å². The van der Waals surface area contributed by atoms with Crippen molar-refractivity contribution in [2.24, 2.45) is 22.7 Å². The lowest BCUT2D eigenvalue weighted by atomic mass is 9.72. The van der Waals surface area contributed by atoms with Crippen molar-refractivity contribution in [3.8, 4) is 34.5 Å². The Hall–Kier alpha value is -11.1. The molecule has 10 aromatic rings. The van der Waals surface area contributed by atoms with Crippen LogP contribution in [-0.4, -0.2) is 188 Å². The second-order valence-corrected chi connectivity index (χ2v) is 43.8. The van der Waals surface area contributed by atoms with E-state index < -0.39 is 100 Å². The summed E-state index contributed by atoms with van der Waals surface area (Å²) in [5, 5.41) is 27.1. The van der Waals surface area contributed by atoms with Gasteiger partial charge in [0.1, 0.15) is 45.8 Å². The molecule has 680 valence electrons. The molecule has 3 aliphatic carbocycles. The first-order chi connectivity index (χ1) is 61.5. The van der Waals surface area contributed by atoms with Gasteiger partial charge in [0, 0.05) is 171 Å². The first-order valence-corrected chi connectivity index (χ1v) is 49.7. The number of carbonyl (C=O) groups excluding carboxylic acids is 2. The third-order valence-electron chi connectivity index (χ3n) is 24.9. The van der Waals surface area contributed by atoms with Crippen molar-refractivity contribution in [2.75, 3.05) is 107 Å². The number of piperazine rings is 2. The molecule has 6 aromatic carbocycles. The number of nitro benzene ring substituents is 2. The molecule has 129 heavy (non-hydrogen) atoms. The molecule has 38 heteroatoms. The summed E-state index contributed by atoms with van der Waals surface area (Å²) < 4.78 is 138. The standard InChI is InChI=1S/C46H50ClN7O9S2.C45H50ClN7O9S2/c1-46(2)13-11-32(40(24-46)30-3-5-33(47)6-4-30)27-52-15-17-53(18-16-52)34-7-10-38(43(21-34)63-35-20-31-12-14-48-44(31)49-26-35)45(55)51-65(60,61)37-22-41(54(56)57)39-19-29(28-62-42(39)23-37)25-50-64(58,59)36-8-9-36;1-4-63(57,58)49-25-29-19-38-40(53(55)56)22-36(23-41(38)61-28-29)64(59,60)50-44(54)37-10-9-34(21-42(37)62-35-20-31-12-14-47-43(31)48-26-35)52-17-15-51(16-18-52)27-32-11-13-45(2,3)24-39(32)30-5-7-33(46)8-6-30/h3-7,10,12,14,20-23,26,29,36,50H,8-9,11,13,15-19,24-25,27-28H2,1-2H3,(H,48,49)(H,51,55);5-10,12,14,20-23,26,29,49H,4,11,13,15-19,24-25,27-28H2,1-3H3,(H,47,48)(H,50,54)/t2*29-/m11/s1. The highest BCUT2D eigenvalue weighted by Gasteiger charge is 2.40. The Kier molecular flexibility index (Phi) is 26.5. The van der Waals surface area contributed by atoms with Gasteiger partial charge in [0.15, 0.2) is 0 Å². The van der Waals surface area contributed by atoms with Gasteiger partial charge in [0.05, 0.1) is 78.5 Å². The molecule has 6 N–H and O–H groups in total. The molecule has 17 rings (SSSR count). The van der Waals surface area contributed by atoms with E-state index in [9.17, 15) is 63.5 Å². The predicted molar refractivity (Wildman–Crippen MR) is 493 cm³/mol. The number of anilines is 2. The zero-order valence-corrected chi connectivity index (χ0v) is 76.5. The van der Waals surface area contributed by atoms with Crippen molar-refractivity contribution in [3.63, 3.8) is 0 Å². The van der Waals surface area contributed by atoms with Gasteiger partial charge in [-0.25, -0.2) is 62.5 Å². The summed E-state index contributed by atoms with van der Waals surface area (Å²) in [7, 11) is -16.4. The molecule has 4 aromatic heterocycles. The third-order valence-corrected chi connectivity index (χ3v) is 31.3. The lowest BCUT2D eigenvalue weighted by molar-refractivity contribution is -0.386. The number of nitrogens with one attached hydrogen (secondary N) is 6. The number of ether oxygens (including phenoxy) is 4. The van der Waals surface area contributed by atoms with E-state index in [2.05, 4.69) is 110 Å². The Morgan fingerprint density at radius 1 is 0.543 bits per heavy atom. The van der Waals surface area contributed by atoms with Gasteiger partial charge in [-0.1, -0.05) is 86.3 Å². The van der Waals surface area contributed by atoms with E-state index in [0.29, 0.717) is 71.9 Å². The SMILES string of the molecule is CC1(C)CCC(CN2CCN(c3ccc(C(=O)NS(=O)(=O)c4cc5c(c([N+](=O)[O-])c4)C[C@H](CNS(=O)(=O)C4CC4)CO5)c(Oc4cnc5[nH]ccc5c4)c3)CC2)=C(c2ccc(Cl)cc2)C1.CCS(=O)(=O)NC[C@@H]1COc2cc(S(=O)(=O)NC(=O)c3ccc(N4CCN(CC5=C(c6ccc(Cl)cc6)CC(C)(C)CC5)CC4)cc3Oc3cnc4[nH]ccc4c3)cc([N+](=O)[O-])c2C1. The fourth-order valence-electron chi connectivity index (χ4n) is 17.4.